The summed E-state index contributed by atoms with van der Waals surface area (Å²) in [7, 11) is 0. The number of rotatable bonds is 12. The highest BCUT2D eigenvalue weighted by atomic mass is 16.7. The van der Waals surface area contributed by atoms with Crippen LogP contribution in [0.3, 0.4) is 0 Å². The molecule has 1 atom stereocenters. The topological polar surface area (TPSA) is 157 Å². The van der Waals surface area contributed by atoms with Crippen LogP contribution < -0.4 is 4.90 Å². The van der Waals surface area contributed by atoms with E-state index in [-0.39, 0.29) is 11.7 Å². The fraction of sp³-hybridized carbons (Fsp3) is 0.535. The number of fused-ring (bicyclic) bond motifs is 3. The highest BCUT2D eigenvalue weighted by molar-refractivity contribution is 6.17. The van der Waals surface area contributed by atoms with Crippen LogP contribution in [-0.4, -0.2) is 54.8 Å². The van der Waals surface area contributed by atoms with Crippen molar-refractivity contribution in [3.63, 3.8) is 0 Å². The van der Waals surface area contributed by atoms with Gasteiger partial charge in [-0.1, -0.05) is 70.5 Å². The smallest absolute Gasteiger partial charge is 0.450 e. The number of aromatic nitrogens is 3. The van der Waals surface area contributed by atoms with Crippen molar-refractivity contribution in [2.75, 3.05) is 4.90 Å². The van der Waals surface area contributed by atoms with Crippen LogP contribution in [0.15, 0.2) is 42.5 Å². The van der Waals surface area contributed by atoms with Gasteiger partial charge < -0.3 is 23.9 Å². The van der Waals surface area contributed by atoms with E-state index >= 15 is 0 Å². The lowest BCUT2D eigenvalue weighted by molar-refractivity contribution is -0.0232. The average Bonchev–Trinajstić information content (AvgIpc) is 3.38. The van der Waals surface area contributed by atoms with Gasteiger partial charge in [-0.15, -0.1) is 0 Å². The molecule has 12 heteroatoms. The van der Waals surface area contributed by atoms with Gasteiger partial charge in [0.25, 0.3) is 0 Å². The van der Waals surface area contributed by atoms with Crippen molar-refractivity contribution in [1.82, 2.24) is 14.5 Å². The Morgan fingerprint density at radius 2 is 1.42 bits per heavy atom. The molecule has 0 unspecified atom stereocenters. The Balaban J connectivity index is 2.07. The number of carbonyl (C=O) groups is 3. The van der Waals surface area contributed by atoms with Gasteiger partial charge in [0.1, 0.15) is 28.1 Å². The van der Waals surface area contributed by atoms with Crippen molar-refractivity contribution in [2.24, 2.45) is 5.41 Å². The van der Waals surface area contributed by atoms with E-state index in [1.54, 1.807) is 55.4 Å². The van der Waals surface area contributed by atoms with E-state index in [0.29, 0.717) is 42.4 Å². The van der Waals surface area contributed by atoms with Crippen LogP contribution in [0.4, 0.5) is 20.2 Å². The number of anilines is 1. The van der Waals surface area contributed by atoms with Gasteiger partial charge in [0, 0.05) is 17.8 Å². The van der Waals surface area contributed by atoms with Crippen LogP contribution in [0, 0.1) is 16.7 Å². The van der Waals surface area contributed by atoms with Gasteiger partial charge in [-0.25, -0.2) is 24.4 Å². The zero-order valence-corrected chi connectivity index (χ0v) is 34.5. The number of carbonyl (C=O) groups excluding carboxylic acids is 2. The quantitative estimate of drug-likeness (QED) is 0.109. The maximum Gasteiger partial charge on any atom is 0.506 e. The maximum atomic E-state index is 14.1. The van der Waals surface area contributed by atoms with Crippen LogP contribution in [0.1, 0.15) is 131 Å². The van der Waals surface area contributed by atoms with Gasteiger partial charge in [-0.3, -0.25) is 0 Å². The Kier molecular flexibility index (Phi) is 12.6. The summed E-state index contributed by atoms with van der Waals surface area (Å²) in [4.78, 5) is 50.8. The Morgan fingerprint density at radius 3 is 1.95 bits per heavy atom. The molecule has 2 aromatic heterocycles. The fourth-order valence-electron chi connectivity index (χ4n) is 7.17. The van der Waals surface area contributed by atoms with Gasteiger partial charge in [0.05, 0.1) is 23.5 Å². The van der Waals surface area contributed by atoms with Crippen molar-refractivity contribution in [2.45, 2.75) is 144 Å². The maximum absolute atomic E-state index is 14.1. The number of hydrogen-bond acceptors (Lipinski definition) is 9. The Morgan fingerprint density at radius 1 is 0.855 bits per heavy atom. The molecule has 55 heavy (non-hydrogen) atoms. The Bertz CT molecular complexity index is 2050. The molecule has 0 saturated heterocycles. The number of imide groups is 1. The number of carboxylic acid groups (broad SMARTS) is 1. The molecular formula is C43H57N5O7. The van der Waals surface area contributed by atoms with E-state index in [1.165, 1.54) is 0 Å². The summed E-state index contributed by atoms with van der Waals surface area (Å²) < 4.78 is 19.0. The number of nitriles is 1. The van der Waals surface area contributed by atoms with Gasteiger partial charge in [0.2, 0.25) is 0 Å². The Labute approximate surface area is 324 Å². The summed E-state index contributed by atoms with van der Waals surface area (Å²) in [5.74, 6) is 0.700. The molecule has 4 rings (SSSR count). The molecule has 0 bridgehead atoms. The molecule has 2 heterocycles. The number of hydrogen-bond donors (Lipinski definition) is 1. The van der Waals surface area contributed by atoms with Gasteiger partial charge in [0.15, 0.2) is 5.82 Å². The molecule has 0 aliphatic heterocycles. The summed E-state index contributed by atoms with van der Waals surface area (Å²) in [6.07, 6.45) is -0.238. The average molecular weight is 756 g/mol. The minimum Gasteiger partial charge on any atom is -0.450 e. The summed E-state index contributed by atoms with van der Waals surface area (Å²) >= 11 is 0. The van der Waals surface area contributed by atoms with E-state index < -0.39 is 40.6 Å². The van der Waals surface area contributed by atoms with Crippen LogP contribution in [0.2, 0.25) is 0 Å². The second kappa shape index (κ2) is 16.3. The lowest BCUT2D eigenvalue weighted by Crippen LogP contribution is -2.44. The number of nitrogens with zero attached hydrogens (tertiary/aromatic N) is 5. The molecule has 0 spiro atoms. The minimum absolute atomic E-state index is 0.0138. The molecule has 0 saturated carbocycles. The number of benzene rings is 2. The molecular weight excluding hydrogens is 699 g/mol. The first kappa shape index (κ1) is 42.6. The van der Waals surface area contributed by atoms with Crippen LogP contribution in [0.25, 0.3) is 21.9 Å². The molecule has 2 amide bonds. The van der Waals surface area contributed by atoms with Crippen molar-refractivity contribution in [3.05, 3.63) is 65.0 Å². The standard InChI is InChI=1S/C43H57N5O7/c1-13-14-27(2)35-46-33-34(47(35)26-42(9,10)25-43(11,12)55-39(51)52)31-20-19-30(23-29-17-15-28(16-18-29)21-22-44)24-32(31)45-36(33)48(37(49)53-40(3,4)5)38(50)54-41(6,7)8/h15-20,24,27H,13-14,21,23,25-26H2,1-12H3,(H,51,52)/t27-/m1/s1. The van der Waals surface area contributed by atoms with E-state index in [0.717, 1.165) is 45.6 Å². The minimum atomic E-state index is -1.34. The van der Waals surface area contributed by atoms with E-state index in [1.807, 2.05) is 42.5 Å². The van der Waals surface area contributed by atoms with Crippen molar-refractivity contribution >= 4 is 46.1 Å². The second-order valence-corrected chi connectivity index (χ2v) is 17.8. The van der Waals surface area contributed by atoms with Crippen molar-refractivity contribution in [1.29, 1.82) is 5.26 Å². The summed E-state index contributed by atoms with van der Waals surface area (Å²) in [6.45, 7) is 22.5. The predicted molar refractivity (Wildman–Crippen MR) is 213 cm³/mol. The molecule has 296 valence electrons. The third-order valence-electron chi connectivity index (χ3n) is 8.85. The SMILES string of the molecule is CCC[C@@H](C)c1nc2c(N(C(=O)OC(C)(C)C)C(=O)OC(C)(C)C)nc3cc(Cc4ccc(CC#N)cc4)ccc3c2n1CC(C)(C)CC(C)(C)OC(=O)O. The van der Waals surface area contributed by atoms with E-state index in [4.69, 9.17) is 29.4 Å². The summed E-state index contributed by atoms with van der Waals surface area (Å²) in [6, 6.07) is 16.1. The number of ether oxygens (including phenoxy) is 3. The van der Waals surface area contributed by atoms with Crippen molar-refractivity contribution in [3.8, 4) is 6.07 Å². The fourth-order valence-corrected chi connectivity index (χ4v) is 7.17. The van der Waals surface area contributed by atoms with Crippen LogP contribution in [-0.2, 0) is 33.6 Å². The zero-order chi connectivity index (χ0) is 41.1. The summed E-state index contributed by atoms with van der Waals surface area (Å²) in [5, 5.41) is 19.3. The highest BCUT2D eigenvalue weighted by Gasteiger charge is 2.38. The van der Waals surface area contributed by atoms with Crippen LogP contribution >= 0.6 is 0 Å². The lowest BCUT2D eigenvalue weighted by atomic mass is 9.81. The zero-order valence-electron chi connectivity index (χ0n) is 34.5. The molecule has 4 aromatic rings. The third kappa shape index (κ3) is 11.2. The third-order valence-corrected chi connectivity index (χ3v) is 8.85. The molecule has 12 nitrogen and oxygen atoms in total. The lowest BCUT2D eigenvalue weighted by Gasteiger charge is -2.35. The summed E-state index contributed by atoms with van der Waals surface area (Å²) in [5.41, 5.74) is 1.06. The van der Waals surface area contributed by atoms with Gasteiger partial charge in [-0.2, -0.15) is 10.2 Å². The largest absolute Gasteiger partial charge is 0.506 e. The van der Waals surface area contributed by atoms with Crippen LogP contribution in [0.5, 0.6) is 0 Å². The molecule has 0 aliphatic carbocycles. The monoisotopic (exact) mass is 755 g/mol. The van der Waals surface area contributed by atoms with Gasteiger partial charge >= 0.3 is 18.3 Å². The van der Waals surface area contributed by atoms with E-state index in [2.05, 4.69) is 38.3 Å². The molecule has 0 aliphatic rings. The number of pyridine rings is 1. The van der Waals surface area contributed by atoms with Crippen molar-refractivity contribution < 1.29 is 33.7 Å². The van der Waals surface area contributed by atoms with E-state index in [9.17, 15) is 19.5 Å². The first-order chi connectivity index (χ1) is 25.4. The van der Waals surface area contributed by atoms with Gasteiger partial charge in [-0.05, 0) is 103 Å². The number of amides is 2. The first-order valence-electron chi connectivity index (χ1n) is 18.9. The first-order valence-corrected chi connectivity index (χ1v) is 18.9. The molecule has 1 N–H and O–H groups in total. The predicted octanol–water partition coefficient (Wildman–Crippen LogP) is 10.7. The number of imidazole rings is 1. The Hall–Kier alpha value is -5.18. The second-order valence-electron chi connectivity index (χ2n) is 17.8. The normalized spacial score (nSPS) is 13.0. The molecule has 2 aromatic carbocycles. The highest BCUT2D eigenvalue weighted by Crippen LogP contribution is 2.40. The molecule has 0 radical (unpaired) electrons. The molecule has 0 fully saturated rings.